The fourth-order valence-electron chi connectivity index (χ4n) is 4.77. The molecule has 3 aromatic carbocycles. The smallest absolute Gasteiger partial charge is 0.216 e. The number of fused-ring (bicyclic) bond motifs is 3. The predicted octanol–water partition coefficient (Wildman–Crippen LogP) is 9.10. The van der Waals surface area contributed by atoms with Gasteiger partial charge in [0.2, 0.25) is 5.71 Å². The van der Waals surface area contributed by atoms with Gasteiger partial charge in [-0.3, -0.25) is 0 Å². The van der Waals surface area contributed by atoms with Gasteiger partial charge >= 0.3 is 0 Å². The molecule has 0 spiro atoms. The molecule has 0 aliphatic rings. The van der Waals surface area contributed by atoms with Gasteiger partial charge in [0, 0.05) is 50.0 Å². The van der Waals surface area contributed by atoms with E-state index >= 15 is 0 Å². The van der Waals surface area contributed by atoms with Crippen molar-refractivity contribution in [3.05, 3.63) is 151 Å². The fourth-order valence-corrected chi connectivity index (χ4v) is 4.77. The van der Waals surface area contributed by atoms with E-state index in [1.165, 1.54) is 11.1 Å². The molecule has 42 heavy (non-hydrogen) atoms. The normalized spacial score (nSPS) is 10.7. The van der Waals surface area contributed by atoms with E-state index in [2.05, 4.69) is 84.5 Å². The van der Waals surface area contributed by atoms with Gasteiger partial charge in [0.1, 0.15) is 0 Å². The van der Waals surface area contributed by atoms with Crippen LogP contribution in [0.4, 0.5) is 0 Å². The first kappa shape index (κ1) is 29.1. The summed E-state index contributed by atoms with van der Waals surface area (Å²) in [6, 6.07) is 42.8. The monoisotopic (exact) mass is 724 g/mol. The summed E-state index contributed by atoms with van der Waals surface area (Å²) in [5, 5.41) is 2.07. The minimum absolute atomic E-state index is 0. The zero-order chi connectivity index (χ0) is 28.0. The Morgan fingerprint density at radius 3 is 2.29 bits per heavy atom. The first-order valence-electron chi connectivity index (χ1n) is 13.8. The van der Waals surface area contributed by atoms with Crippen molar-refractivity contribution in [2.45, 2.75) is 26.2 Å². The summed E-state index contributed by atoms with van der Waals surface area (Å²) in [4.78, 5) is 13.6. The van der Waals surface area contributed by atoms with Crippen molar-refractivity contribution in [2.24, 2.45) is 0 Å². The van der Waals surface area contributed by atoms with Crippen LogP contribution in [0.1, 0.15) is 36.6 Å². The Balaban J connectivity index is 0.000000228. The molecule has 0 aliphatic heterocycles. The van der Waals surface area contributed by atoms with Crippen LogP contribution in [0.2, 0.25) is 0 Å². The fraction of sp³-hybridized carbons (Fsp3) is 0.108. The summed E-state index contributed by atoms with van der Waals surface area (Å²) in [6.45, 7) is 4.37. The Hall–Kier alpha value is -4.44. The van der Waals surface area contributed by atoms with E-state index in [-0.39, 0.29) is 20.1 Å². The SMILES string of the molecule is CC(C)c1ccnc(-c2[c-]ccc3c2oc2nc(Cc4ccccc4)ccc23)c1.[Ir].[c-]1ccccc1-c1ccccn1. The molecule has 7 rings (SSSR count). The second-order valence-electron chi connectivity index (χ2n) is 10.1. The van der Waals surface area contributed by atoms with E-state index in [4.69, 9.17) is 9.40 Å². The maximum absolute atomic E-state index is 6.23. The molecule has 209 valence electrons. The van der Waals surface area contributed by atoms with E-state index in [1.807, 2.05) is 66.9 Å². The minimum atomic E-state index is 0. The molecule has 0 N–H and O–H groups in total. The van der Waals surface area contributed by atoms with Crippen molar-refractivity contribution in [3.8, 4) is 22.5 Å². The topological polar surface area (TPSA) is 51.8 Å². The van der Waals surface area contributed by atoms with Crippen LogP contribution in [-0.2, 0) is 26.5 Å². The predicted molar refractivity (Wildman–Crippen MR) is 165 cm³/mol. The van der Waals surface area contributed by atoms with Crippen LogP contribution in [0.5, 0.6) is 0 Å². The number of nitrogens with zero attached hydrogens (tertiary/aromatic N) is 3. The summed E-state index contributed by atoms with van der Waals surface area (Å²) in [5.74, 6) is 0.439. The summed E-state index contributed by atoms with van der Waals surface area (Å²) >= 11 is 0. The standard InChI is InChI=1S/C26H21N2O.C11H8N.Ir/c1-17(2)19-13-14-27-24(16-19)23-10-6-9-21-22-12-11-20(28-26(22)29-25(21)23)15-18-7-4-3-5-8-18;1-2-6-10(7-3-1)11-8-4-5-9-12-11;/h3-9,11-14,16-17H,15H2,1-2H3;1-6,8-9H;/q2*-1;. The van der Waals surface area contributed by atoms with Gasteiger partial charge in [0.25, 0.3) is 0 Å². The van der Waals surface area contributed by atoms with Gasteiger partial charge in [0.15, 0.2) is 0 Å². The third kappa shape index (κ3) is 6.54. The number of furan rings is 1. The zero-order valence-electron chi connectivity index (χ0n) is 23.4. The Bertz CT molecular complexity index is 1850. The quantitative estimate of drug-likeness (QED) is 0.166. The summed E-state index contributed by atoms with van der Waals surface area (Å²) < 4.78 is 6.23. The molecule has 4 nitrogen and oxygen atoms in total. The van der Waals surface area contributed by atoms with Gasteiger partial charge < -0.3 is 14.4 Å². The van der Waals surface area contributed by atoms with Crippen molar-refractivity contribution in [2.75, 3.05) is 0 Å². The van der Waals surface area contributed by atoms with Gasteiger partial charge in [-0.25, -0.2) is 4.98 Å². The minimum Gasteiger partial charge on any atom is -0.486 e. The molecule has 0 saturated heterocycles. The molecule has 4 heterocycles. The molecule has 5 heteroatoms. The van der Waals surface area contributed by atoms with Crippen LogP contribution in [0.15, 0.2) is 126 Å². The number of rotatable bonds is 5. The van der Waals surface area contributed by atoms with Crippen molar-refractivity contribution < 1.29 is 24.5 Å². The van der Waals surface area contributed by atoms with Crippen LogP contribution in [0, 0.1) is 12.1 Å². The molecular weight excluding hydrogens is 695 g/mol. The maximum Gasteiger partial charge on any atom is 0.216 e. The second-order valence-corrected chi connectivity index (χ2v) is 10.1. The van der Waals surface area contributed by atoms with E-state index in [9.17, 15) is 0 Å². The number of benzene rings is 3. The molecule has 0 saturated carbocycles. The first-order chi connectivity index (χ1) is 20.2. The van der Waals surface area contributed by atoms with Gasteiger partial charge in [-0.1, -0.05) is 78.9 Å². The molecule has 0 amide bonds. The summed E-state index contributed by atoms with van der Waals surface area (Å²) in [7, 11) is 0. The third-order valence-electron chi connectivity index (χ3n) is 6.94. The zero-order valence-corrected chi connectivity index (χ0v) is 25.8. The Labute approximate surface area is 259 Å². The number of aromatic nitrogens is 3. The largest absolute Gasteiger partial charge is 0.486 e. The summed E-state index contributed by atoms with van der Waals surface area (Å²) in [5.41, 5.74) is 8.70. The van der Waals surface area contributed by atoms with Crippen LogP contribution in [0.25, 0.3) is 44.6 Å². The number of hydrogen-bond acceptors (Lipinski definition) is 4. The van der Waals surface area contributed by atoms with Crippen molar-refractivity contribution in [1.29, 1.82) is 0 Å². The van der Waals surface area contributed by atoms with Gasteiger partial charge in [-0.15, -0.1) is 54.1 Å². The van der Waals surface area contributed by atoms with Crippen molar-refractivity contribution in [1.82, 2.24) is 15.0 Å². The van der Waals surface area contributed by atoms with Crippen LogP contribution in [-0.4, -0.2) is 15.0 Å². The molecule has 1 radical (unpaired) electrons. The molecule has 0 atom stereocenters. The third-order valence-corrected chi connectivity index (χ3v) is 6.94. The van der Waals surface area contributed by atoms with Gasteiger partial charge in [-0.05, 0) is 47.1 Å². The Morgan fingerprint density at radius 2 is 1.52 bits per heavy atom. The molecule has 7 aromatic rings. The van der Waals surface area contributed by atoms with Crippen molar-refractivity contribution >= 4 is 22.1 Å². The van der Waals surface area contributed by atoms with E-state index in [1.54, 1.807) is 6.20 Å². The Kier molecular flexibility index (Phi) is 9.33. The average molecular weight is 724 g/mol. The van der Waals surface area contributed by atoms with Gasteiger partial charge in [-0.2, -0.15) is 0 Å². The molecule has 0 unspecified atom stereocenters. The van der Waals surface area contributed by atoms with Gasteiger partial charge in [0.05, 0.1) is 5.58 Å². The number of pyridine rings is 3. The molecule has 4 aromatic heterocycles. The van der Waals surface area contributed by atoms with E-state index < -0.39 is 0 Å². The van der Waals surface area contributed by atoms with Crippen LogP contribution < -0.4 is 0 Å². The maximum atomic E-state index is 6.23. The average Bonchev–Trinajstić information content (AvgIpc) is 3.41. The van der Waals surface area contributed by atoms with Crippen LogP contribution in [0.3, 0.4) is 0 Å². The second kappa shape index (κ2) is 13.5. The first-order valence-corrected chi connectivity index (χ1v) is 13.8. The van der Waals surface area contributed by atoms with Crippen molar-refractivity contribution in [3.63, 3.8) is 0 Å². The number of hydrogen-bond donors (Lipinski definition) is 0. The Morgan fingerprint density at radius 1 is 0.714 bits per heavy atom. The van der Waals surface area contributed by atoms with E-state index in [0.29, 0.717) is 11.6 Å². The molecule has 0 bridgehead atoms. The summed E-state index contributed by atoms with van der Waals surface area (Å²) in [6.07, 6.45) is 4.43. The van der Waals surface area contributed by atoms with Crippen LogP contribution >= 0.6 is 0 Å². The molecule has 0 fully saturated rings. The van der Waals surface area contributed by atoms with E-state index in [0.717, 1.165) is 51.0 Å². The molecule has 0 aliphatic carbocycles. The molecular formula is C37H29IrN3O-2.